The Bertz CT molecular complexity index is 1700. The average molecular weight is 530 g/mol. The Morgan fingerprint density at radius 1 is 0.800 bits per heavy atom. The van der Waals surface area contributed by atoms with Crippen molar-refractivity contribution < 1.29 is 9.68 Å². The number of hydrogen-bond donors (Lipinski definition) is 1. The molecule has 0 unspecified atom stereocenters. The van der Waals surface area contributed by atoms with E-state index in [1.54, 1.807) is 0 Å². The van der Waals surface area contributed by atoms with Gasteiger partial charge in [0.15, 0.2) is 5.71 Å². The molecule has 0 atom stereocenters. The van der Waals surface area contributed by atoms with Crippen molar-refractivity contribution in [1.29, 1.82) is 0 Å². The lowest BCUT2D eigenvalue weighted by atomic mass is 9.79. The highest BCUT2D eigenvalue weighted by molar-refractivity contribution is 6.07. The van der Waals surface area contributed by atoms with Gasteiger partial charge in [0.2, 0.25) is 5.69 Å². The summed E-state index contributed by atoms with van der Waals surface area (Å²) >= 11 is 0. The van der Waals surface area contributed by atoms with E-state index < -0.39 is 0 Å². The van der Waals surface area contributed by atoms with Crippen LogP contribution in [0.1, 0.15) is 58.6 Å². The molecule has 3 nitrogen and oxygen atoms in total. The molecule has 2 aliphatic heterocycles. The molecule has 0 radical (unpaired) electrons. The summed E-state index contributed by atoms with van der Waals surface area (Å²) in [4.78, 5) is 2.31. The number of allylic oxidation sites excluding steroid dienone is 4. The average Bonchev–Trinajstić information content (AvgIpc) is 3.31. The van der Waals surface area contributed by atoms with Gasteiger partial charge >= 0.3 is 0 Å². The Morgan fingerprint density at radius 3 is 2.12 bits per heavy atom. The SMILES string of the molecule is CCCC[N+]1=C(C=CC=C2N(CCO)c3ccc4ccccc4c3C2(C)C)C(C)(C)c2c1ccc1ccccc21. The molecule has 1 N–H and O–H groups in total. The molecule has 3 heteroatoms. The quantitative estimate of drug-likeness (QED) is 0.243. The molecule has 0 fully saturated rings. The molecule has 40 heavy (non-hydrogen) atoms. The highest BCUT2D eigenvalue weighted by Crippen LogP contribution is 2.50. The second-order valence-corrected chi connectivity index (χ2v) is 12.3. The van der Waals surface area contributed by atoms with Gasteiger partial charge in [0.1, 0.15) is 6.54 Å². The number of hydrogen-bond acceptors (Lipinski definition) is 2. The van der Waals surface area contributed by atoms with E-state index in [9.17, 15) is 5.11 Å². The maximum absolute atomic E-state index is 10.0. The van der Waals surface area contributed by atoms with Gasteiger partial charge in [-0.1, -0.05) is 87.9 Å². The predicted octanol–water partition coefficient (Wildman–Crippen LogP) is 8.40. The number of unbranched alkanes of at least 4 members (excludes halogenated alkanes) is 1. The maximum atomic E-state index is 10.0. The van der Waals surface area contributed by atoms with Gasteiger partial charge in [-0.25, -0.2) is 0 Å². The zero-order chi connectivity index (χ0) is 28.1. The van der Waals surface area contributed by atoms with Crippen LogP contribution >= 0.6 is 0 Å². The molecule has 0 bridgehead atoms. The van der Waals surface area contributed by atoms with Crippen molar-refractivity contribution in [2.24, 2.45) is 0 Å². The van der Waals surface area contributed by atoms with Crippen molar-refractivity contribution in [2.75, 3.05) is 24.6 Å². The third-order valence-corrected chi connectivity index (χ3v) is 9.08. The monoisotopic (exact) mass is 529 g/mol. The van der Waals surface area contributed by atoms with Crippen LogP contribution in [0.2, 0.25) is 0 Å². The number of β-amino-alcohol motifs (C(OH)–C–C–N with tert-alkyl or cyclic N) is 1. The molecular weight excluding hydrogens is 488 g/mol. The number of nitrogens with zero attached hydrogens (tertiary/aromatic N) is 2. The first-order valence-electron chi connectivity index (χ1n) is 14.8. The molecule has 0 aromatic heterocycles. The van der Waals surface area contributed by atoms with Gasteiger partial charge in [-0.3, -0.25) is 0 Å². The zero-order valence-electron chi connectivity index (χ0n) is 24.5. The summed E-state index contributed by atoms with van der Waals surface area (Å²) in [5, 5.41) is 15.2. The smallest absolute Gasteiger partial charge is 0.210 e. The lowest BCUT2D eigenvalue weighted by Crippen LogP contribution is -2.29. The van der Waals surface area contributed by atoms with Gasteiger partial charge in [0.05, 0.1) is 12.0 Å². The fourth-order valence-electron chi connectivity index (χ4n) is 7.20. The first kappa shape index (κ1) is 26.5. The first-order valence-corrected chi connectivity index (χ1v) is 14.8. The molecule has 0 amide bonds. The normalized spacial score (nSPS) is 18.4. The number of benzene rings is 4. The molecule has 204 valence electrons. The topological polar surface area (TPSA) is 26.5 Å². The van der Waals surface area contributed by atoms with E-state index in [0.717, 1.165) is 19.4 Å². The van der Waals surface area contributed by atoms with Gasteiger partial charge in [-0.05, 0) is 59.2 Å². The third-order valence-electron chi connectivity index (χ3n) is 9.08. The Kier molecular flexibility index (Phi) is 6.67. The lowest BCUT2D eigenvalue weighted by Gasteiger charge is -2.26. The molecule has 4 aromatic carbocycles. The van der Waals surface area contributed by atoms with Crippen molar-refractivity contribution in [2.45, 2.75) is 58.3 Å². The molecule has 4 aromatic rings. The van der Waals surface area contributed by atoms with Crippen LogP contribution in [0.5, 0.6) is 0 Å². The number of aliphatic hydroxyl groups is 1. The highest BCUT2D eigenvalue weighted by Gasteiger charge is 2.45. The van der Waals surface area contributed by atoms with E-state index in [-0.39, 0.29) is 17.4 Å². The predicted molar refractivity (Wildman–Crippen MR) is 170 cm³/mol. The van der Waals surface area contributed by atoms with E-state index >= 15 is 0 Å². The van der Waals surface area contributed by atoms with Gasteiger partial charge in [-0.2, -0.15) is 4.58 Å². The Labute approximate surface area is 238 Å². The van der Waals surface area contributed by atoms with Crippen LogP contribution < -0.4 is 4.90 Å². The zero-order valence-corrected chi connectivity index (χ0v) is 24.5. The van der Waals surface area contributed by atoms with E-state index in [0.29, 0.717) is 6.54 Å². The van der Waals surface area contributed by atoms with Gasteiger partial charge in [0, 0.05) is 47.5 Å². The van der Waals surface area contributed by atoms with E-state index in [2.05, 4.69) is 135 Å². The molecule has 0 spiro atoms. The van der Waals surface area contributed by atoms with Crippen LogP contribution in [-0.4, -0.2) is 35.1 Å². The van der Waals surface area contributed by atoms with E-state index in [4.69, 9.17) is 0 Å². The Balaban J connectivity index is 1.46. The lowest BCUT2D eigenvalue weighted by molar-refractivity contribution is -0.438. The largest absolute Gasteiger partial charge is 0.395 e. The number of anilines is 1. The van der Waals surface area contributed by atoms with Gasteiger partial charge in [-0.15, -0.1) is 0 Å². The third kappa shape index (κ3) is 4.02. The van der Waals surface area contributed by atoms with Crippen molar-refractivity contribution >= 4 is 38.6 Å². The molecule has 2 heterocycles. The minimum Gasteiger partial charge on any atom is -0.395 e. The van der Waals surface area contributed by atoms with Crippen molar-refractivity contribution in [3.63, 3.8) is 0 Å². The summed E-state index contributed by atoms with van der Waals surface area (Å²) in [7, 11) is 0. The second-order valence-electron chi connectivity index (χ2n) is 12.3. The summed E-state index contributed by atoms with van der Waals surface area (Å²) < 4.78 is 2.55. The molecule has 0 aliphatic carbocycles. The molecule has 0 saturated carbocycles. The van der Waals surface area contributed by atoms with Crippen molar-refractivity contribution in [1.82, 2.24) is 0 Å². The standard InChI is InChI=1S/C37H41N2O/c1-6-7-23-38-30-21-19-26-13-8-10-15-28(26)34(30)36(2,3)32(38)17-12-18-33-37(4,5)35-29-16-11-9-14-27(29)20-22-31(35)39(33)24-25-40/h8-22,40H,6-7,23-25H2,1-5H3/q+1. The number of aliphatic hydroxyl groups excluding tert-OH is 1. The number of fused-ring (bicyclic) bond motifs is 6. The van der Waals surface area contributed by atoms with Gasteiger partial charge < -0.3 is 10.0 Å². The van der Waals surface area contributed by atoms with Crippen LogP contribution in [-0.2, 0) is 10.8 Å². The highest BCUT2D eigenvalue weighted by atomic mass is 16.3. The maximum Gasteiger partial charge on any atom is 0.210 e. The Hall–Kier alpha value is -3.69. The van der Waals surface area contributed by atoms with Crippen LogP contribution in [0.4, 0.5) is 11.4 Å². The fraction of sp³-hybridized carbons (Fsp3) is 0.324. The van der Waals surface area contributed by atoms with Crippen molar-refractivity contribution in [3.8, 4) is 0 Å². The minimum atomic E-state index is -0.188. The number of rotatable bonds is 7. The summed E-state index contributed by atoms with van der Waals surface area (Å²) in [5.41, 5.74) is 7.58. The molecule has 6 rings (SSSR count). The Morgan fingerprint density at radius 2 is 1.45 bits per heavy atom. The van der Waals surface area contributed by atoms with Gasteiger partial charge in [0.25, 0.3) is 0 Å². The second kappa shape index (κ2) is 10.1. The van der Waals surface area contributed by atoms with Crippen molar-refractivity contribution in [3.05, 3.63) is 108 Å². The van der Waals surface area contributed by atoms with E-state index in [1.807, 2.05) is 0 Å². The first-order chi connectivity index (χ1) is 19.3. The summed E-state index contributed by atoms with van der Waals surface area (Å²) in [6.45, 7) is 13.3. The molecule has 0 saturated heterocycles. The summed E-state index contributed by atoms with van der Waals surface area (Å²) in [6.07, 6.45) is 9.19. The summed E-state index contributed by atoms with van der Waals surface area (Å²) in [5.74, 6) is 0. The summed E-state index contributed by atoms with van der Waals surface area (Å²) in [6, 6.07) is 26.5. The van der Waals surface area contributed by atoms with Crippen LogP contribution in [0.15, 0.2) is 96.7 Å². The minimum absolute atomic E-state index is 0.112. The molecule has 2 aliphatic rings. The van der Waals surface area contributed by atoms with E-state index in [1.165, 1.54) is 55.5 Å². The fourth-order valence-corrected chi connectivity index (χ4v) is 7.20. The molecular formula is C37H41N2O+. The van der Waals surface area contributed by atoms with Crippen LogP contribution in [0.25, 0.3) is 21.5 Å². The van der Waals surface area contributed by atoms with Crippen LogP contribution in [0.3, 0.4) is 0 Å². The van der Waals surface area contributed by atoms with Crippen LogP contribution in [0, 0.1) is 0 Å².